The van der Waals surface area contributed by atoms with Gasteiger partial charge in [-0.25, -0.2) is 0 Å². The summed E-state index contributed by atoms with van der Waals surface area (Å²) in [5, 5.41) is 23.2. The summed E-state index contributed by atoms with van der Waals surface area (Å²) in [5.41, 5.74) is 13.7. The SMILES string of the molecule is CC(=O)Nc1ccc(N=Nc2ccc(N/N=C3/C(=O)c4cc(N=Nc5cc(S(=O)(=O)O)c(N)cc5N)ccc4C=C3S(=O)(=O)O)c3ccc(S(=O)(=O)O)cc23)cc1. The molecule has 0 atom stereocenters. The molecule has 57 heavy (non-hydrogen) atoms. The maximum absolute atomic E-state index is 13.8. The minimum atomic E-state index is -5.06. The predicted octanol–water partition coefficient (Wildman–Crippen LogP) is 6.18. The maximum Gasteiger partial charge on any atom is 0.296 e. The van der Waals surface area contributed by atoms with Gasteiger partial charge >= 0.3 is 0 Å². The molecule has 9 N–H and O–H groups in total. The number of nitrogens with zero attached hydrogens (tertiary/aromatic N) is 5. The first-order valence-corrected chi connectivity index (χ1v) is 20.1. The van der Waals surface area contributed by atoms with Crippen LogP contribution >= 0.6 is 0 Å². The van der Waals surface area contributed by atoms with Gasteiger partial charge in [0.1, 0.15) is 15.5 Å². The van der Waals surface area contributed by atoms with E-state index in [2.05, 4.69) is 36.3 Å². The second kappa shape index (κ2) is 15.1. The Balaban J connectivity index is 1.37. The van der Waals surface area contributed by atoms with Crippen molar-refractivity contribution in [2.45, 2.75) is 16.7 Å². The molecule has 0 fully saturated rings. The number of carbonyl (C=O) groups excluding carboxylic acids is 2. The van der Waals surface area contributed by atoms with Gasteiger partial charge in [-0.05, 0) is 84.4 Å². The smallest absolute Gasteiger partial charge is 0.296 e. The van der Waals surface area contributed by atoms with Gasteiger partial charge in [0, 0.05) is 28.9 Å². The van der Waals surface area contributed by atoms with Gasteiger partial charge in [0.2, 0.25) is 11.7 Å². The second-order valence-corrected chi connectivity index (χ2v) is 16.2. The van der Waals surface area contributed by atoms with E-state index in [1.54, 1.807) is 24.3 Å². The minimum Gasteiger partial charge on any atom is -0.398 e. The highest BCUT2D eigenvalue weighted by atomic mass is 32.2. The molecule has 23 heteroatoms. The molecule has 5 aromatic carbocycles. The van der Waals surface area contributed by atoms with E-state index in [4.69, 9.17) is 11.5 Å². The van der Waals surface area contributed by atoms with Crippen molar-refractivity contribution in [1.29, 1.82) is 0 Å². The summed E-state index contributed by atoms with van der Waals surface area (Å²) in [4.78, 5) is 23.1. The Kier molecular flexibility index (Phi) is 10.5. The first-order valence-electron chi connectivity index (χ1n) is 15.8. The number of hydrogen-bond donors (Lipinski definition) is 7. The lowest BCUT2D eigenvalue weighted by atomic mass is 9.94. The summed E-state index contributed by atoms with van der Waals surface area (Å²) in [6.07, 6.45) is 0.993. The lowest BCUT2D eigenvalue weighted by molar-refractivity contribution is -0.114. The van der Waals surface area contributed by atoms with Crippen molar-refractivity contribution in [3.8, 4) is 0 Å². The number of amides is 1. The second-order valence-electron chi connectivity index (χ2n) is 12.0. The lowest BCUT2D eigenvalue weighted by Crippen LogP contribution is -2.27. The van der Waals surface area contributed by atoms with E-state index in [1.165, 1.54) is 43.3 Å². The summed E-state index contributed by atoms with van der Waals surface area (Å²) in [6, 6.07) is 18.4. The van der Waals surface area contributed by atoms with E-state index in [9.17, 15) is 48.5 Å². The van der Waals surface area contributed by atoms with Gasteiger partial charge in [-0.3, -0.25) is 28.7 Å². The Bertz CT molecular complexity index is 3000. The third kappa shape index (κ3) is 8.88. The number of hydrogen-bond acceptors (Lipinski definition) is 16. The Morgan fingerprint density at radius 2 is 1.33 bits per heavy atom. The van der Waals surface area contributed by atoms with Crippen molar-refractivity contribution in [2.75, 3.05) is 22.2 Å². The maximum atomic E-state index is 13.8. The first-order chi connectivity index (χ1) is 26.7. The average Bonchev–Trinajstić information content (AvgIpc) is 3.12. The van der Waals surface area contributed by atoms with Gasteiger partial charge < -0.3 is 16.8 Å². The minimum absolute atomic E-state index is 0.0109. The van der Waals surface area contributed by atoms with Gasteiger partial charge in [0.15, 0.2) is 5.71 Å². The van der Waals surface area contributed by atoms with E-state index in [-0.39, 0.29) is 61.9 Å². The number of fused-ring (bicyclic) bond motifs is 2. The van der Waals surface area contributed by atoms with Crippen LogP contribution in [0.15, 0.2) is 125 Å². The van der Waals surface area contributed by atoms with Crippen LogP contribution in [0.2, 0.25) is 0 Å². The van der Waals surface area contributed by atoms with E-state index in [1.807, 2.05) is 0 Å². The molecule has 0 aliphatic heterocycles. The molecule has 0 heterocycles. The number of carbonyl (C=O) groups is 2. The Hall–Kier alpha value is -6.76. The fraction of sp³-hybridized carbons (Fsp3) is 0.0294. The molecule has 0 bridgehead atoms. The van der Waals surface area contributed by atoms with E-state index >= 15 is 0 Å². The van der Waals surface area contributed by atoms with Crippen LogP contribution in [0.3, 0.4) is 0 Å². The highest BCUT2D eigenvalue weighted by Gasteiger charge is 2.33. The molecule has 1 amide bonds. The van der Waals surface area contributed by atoms with Gasteiger partial charge in [-0.15, -0.1) is 10.2 Å². The Morgan fingerprint density at radius 3 is 1.98 bits per heavy atom. The van der Waals surface area contributed by atoms with Gasteiger partial charge in [-0.1, -0.05) is 12.1 Å². The fourth-order valence-electron chi connectivity index (χ4n) is 5.41. The molecule has 5 aromatic rings. The van der Waals surface area contributed by atoms with Gasteiger partial charge in [0.05, 0.1) is 39.0 Å². The molecule has 0 unspecified atom stereocenters. The van der Waals surface area contributed by atoms with E-state index in [0.717, 1.165) is 30.3 Å². The van der Waals surface area contributed by atoms with E-state index in [0.29, 0.717) is 11.4 Å². The number of nitrogens with one attached hydrogen (secondary N) is 2. The number of nitrogens with two attached hydrogens (primary N) is 2. The van der Waals surface area contributed by atoms with Crippen LogP contribution in [0.1, 0.15) is 22.8 Å². The molecule has 20 nitrogen and oxygen atoms in total. The highest BCUT2D eigenvalue weighted by Crippen LogP contribution is 2.37. The number of azo groups is 2. The third-order valence-corrected chi connectivity index (χ3v) is 10.6. The van der Waals surface area contributed by atoms with Crippen LogP contribution in [-0.2, 0) is 35.1 Å². The molecule has 0 spiro atoms. The van der Waals surface area contributed by atoms with Crippen LogP contribution in [0.4, 0.5) is 45.5 Å². The van der Waals surface area contributed by atoms with Crippen LogP contribution in [0.25, 0.3) is 16.8 Å². The van der Waals surface area contributed by atoms with Gasteiger partial charge in [0.25, 0.3) is 30.4 Å². The standard InChI is InChI=1S/C34H27N9O11S3/c1-17(44)37-19-4-6-20(7-5-19)38-40-29-11-10-28(23-9-8-22(14-25(23)29)55(46,47)48)41-43-33-32(57(52,53)54)12-18-2-3-21(13-24(18)34(33)45)39-42-30-16-31(56(49,50)51)27(36)15-26(30)35/h2-16,41H,35-36H2,1H3,(H,37,44)(H,46,47,48)(H,49,50,51)(H,52,53,54)/b40-38?,42-39?,43-33+. The number of allylic oxidation sites excluding steroid dienone is 1. The molecule has 0 saturated heterocycles. The number of rotatable bonds is 10. The third-order valence-electron chi connectivity index (χ3n) is 8.02. The van der Waals surface area contributed by atoms with E-state index < -0.39 is 56.5 Å². The zero-order valence-corrected chi connectivity index (χ0v) is 31.3. The van der Waals surface area contributed by atoms with Crippen molar-refractivity contribution in [3.05, 3.63) is 101 Å². The predicted molar refractivity (Wildman–Crippen MR) is 209 cm³/mol. The molecular weight excluding hydrogens is 807 g/mol. The number of ketones is 1. The number of Topliss-reactive ketones (excluding diaryl/α,β-unsaturated/α-hetero) is 1. The summed E-state index contributed by atoms with van der Waals surface area (Å²) in [5.74, 6) is -1.26. The highest BCUT2D eigenvalue weighted by molar-refractivity contribution is 7.91. The van der Waals surface area contributed by atoms with Crippen molar-refractivity contribution >= 4 is 110 Å². The molecule has 0 aromatic heterocycles. The average molecular weight is 834 g/mol. The largest absolute Gasteiger partial charge is 0.398 e. The monoisotopic (exact) mass is 833 g/mol. The Labute approximate surface area is 323 Å². The normalized spacial score (nSPS) is 14.3. The van der Waals surface area contributed by atoms with Crippen molar-refractivity contribution in [1.82, 2.24) is 0 Å². The molecule has 292 valence electrons. The van der Waals surface area contributed by atoms with Crippen molar-refractivity contribution in [3.63, 3.8) is 0 Å². The van der Waals surface area contributed by atoms with Crippen LogP contribution in [0, 0.1) is 0 Å². The summed E-state index contributed by atoms with van der Waals surface area (Å²) in [7, 11) is -14.5. The van der Waals surface area contributed by atoms with Crippen molar-refractivity contribution in [2.24, 2.45) is 25.6 Å². The molecule has 6 rings (SSSR count). The fourth-order valence-corrected chi connectivity index (χ4v) is 7.19. The topological polar surface area (TPSA) is 335 Å². The number of hydrazone groups is 1. The van der Waals surface area contributed by atoms with Gasteiger partial charge in [-0.2, -0.15) is 40.6 Å². The molecule has 1 aliphatic carbocycles. The molecule has 0 radical (unpaired) electrons. The summed E-state index contributed by atoms with van der Waals surface area (Å²) >= 11 is 0. The summed E-state index contributed by atoms with van der Waals surface area (Å²) < 4.78 is 102. The van der Waals surface area contributed by atoms with Crippen molar-refractivity contribution < 1.29 is 48.5 Å². The number of nitrogen functional groups attached to an aromatic ring is 2. The zero-order valence-electron chi connectivity index (χ0n) is 28.9. The molecule has 0 saturated carbocycles. The quantitative estimate of drug-likeness (QED) is 0.0358. The number of anilines is 4. The van der Waals surface area contributed by atoms with Crippen LogP contribution < -0.4 is 22.2 Å². The lowest BCUT2D eigenvalue weighted by Gasteiger charge is -2.17. The Morgan fingerprint density at radius 1 is 0.667 bits per heavy atom. The summed E-state index contributed by atoms with van der Waals surface area (Å²) in [6.45, 7) is 1.35. The van der Waals surface area contributed by atoms with Crippen LogP contribution in [-0.4, -0.2) is 56.3 Å². The number of benzene rings is 5. The molecule has 1 aliphatic rings. The molecular formula is C34H27N9O11S3. The van der Waals surface area contributed by atoms with Crippen LogP contribution in [0.5, 0.6) is 0 Å². The zero-order chi connectivity index (χ0) is 41.4. The first kappa shape index (κ1) is 39.9.